The Hall–Kier alpha value is -2.08. The second kappa shape index (κ2) is 7.08. The van der Waals surface area contributed by atoms with Crippen molar-refractivity contribution in [3.63, 3.8) is 0 Å². The number of hydrogen-bond acceptors (Lipinski definition) is 3. The van der Waals surface area contributed by atoms with Crippen molar-refractivity contribution in [2.45, 2.75) is 38.8 Å². The first-order valence-corrected chi connectivity index (χ1v) is 6.88. The van der Waals surface area contributed by atoms with E-state index in [9.17, 15) is 9.59 Å². The average Bonchev–Trinajstić information content (AvgIpc) is 2.36. The summed E-state index contributed by atoms with van der Waals surface area (Å²) in [5, 5.41) is 8.60. The third-order valence-corrected chi connectivity index (χ3v) is 3.17. The highest BCUT2D eigenvalue weighted by Crippen LogP contribution is 2.16. The van der Waals surface area contributed by atoms with Gasteiger partial charge in [0, 0.05) is 23.7 Å². The van der Waals surface area contributed by atoms with Crippen LogP contribution in [0.15, 0.2) is 24.3 Å². The number of amides is 3. The number of hydrogen-bond donors (Lipinski definition) is 4. The van der Waals surface area contributed by atoms with Crippen LogP contribution >= 0.6 is 0 Å². The number of primary amides is 1. The van der Waals surface area contributed by atoms with Gasteiger partial charge in [0.1, 0.15) is 0 Å². The summed E-state index contributed by atoms with van der Waals surface area (Å²) in [6.07, 6.45) is 0.0824. The van der Waals surface area contributed by atoms with Gasteiger partial charge in [-0.1, -0.05) is 12.1 Å². The fourth-order valence-corrected chi connectivity index (χ4v) is 1.97. The molecule has 0 spiro atoms. The monoisotopic (exact) mass is 292 g/mol. The van der Waals surface area contributed by atoms with Gasteiger partial charge in [-0.05, 0) is 45.5 Å². The fourth-order valence-electron chi connectivity index (χ4n) is 1.97. The van der Waals surface area contributed by atoms with E-state index in [4.69, 9.17) is 5.73 Å². The van der Waals surface area contributed by atoms with Gasteiger partial charge in [0.15, 0.2) is 0 Å². The molecule has 0 aliphatic carbocycles. The van der Waals surface area contributed by atoms with Gasteiger partial charge >= 0.3 is 6.03 Å². The van der Waals surface area contributed by atoms with E-state index >= 15 is 0 Å². The Morgan fingerprint density at radius 2 is 1.81 bits per heavy atom. The number of carbonyl (C=O) groups excluding carboxylic acids is 2. The van der Waals surface area contributed by atoms with E-state index in [1.807, 2.05) is 31.3 Å². The van der Waals surface area contributed by atoms with Gasteiger partial charge < -0.3 is 21.7 Å². The van der Waals surface area contributed by atoms with Gasteiger partial charge in [-0.2, -0.15) is 0 Å². The minimum absolute atomic E-state index is 0.0824. The summed E-state index contributed by atoms with van der Waals surface area (Å²) in [7, 11) is 1.89. The maximum absolute atomic E-state index is 11.9. The van der Waals surface area contributed by atoms with E-state index in [2.05, 4.69) is 22.9 Å². The van der Waals surface area contributed by atoms with Crippen LogP contribution in [0.3, 0.4) is 0 Å². The molecule has 116 valence electrons. The smallest absolute Gasteiger partial charge is 0.319 e. The number of benzene rings is 1. The third-order valence-electron chi connectivity index (χ3n) is 3.17. The summed E-state index contributed by atoms with van der Waals surface area (Å²) >= 11 is 0. The Morgan fingerprint density at radius 3 is 2.29 bits per heavy atom. The quantitative estimate of drug-likeness (QED) is 0.643. The summed E-state index contributed by atoms with van der Waals surface area (Å²) < 4.78 is 0. The molecule has 1 atom stereocenters. The van der Waals surface area contributed by atoms with Gasteiger partial charge in [0.2, 0.25) is 5.91 Å². The molecule has 21 heavy (non-hydrogen) atoms. The molecule has 1 aromatic carbocycles. The molecule has 1 unspecified atom stereocenters. The normalized spacial score (nSPS) is 12.6. The molecule has 0 fully saturated rings. The molecule has 0 heterocycles. The molecule has 3 amide bonds. The molecule has 0 saturated carbocycles. The number of carbonyl (C=O) groups is 2. The number of rotatable bonds is 6. The lowest BCUT2D eigenvalue weighted by atomic mass is 10.0. The van der Waals surface area contributed by atoms with Crippen LogP contribution < -0.4 is 21.7 Å². The molecule has 0 aromatic heterocycles. The van der Waals surface area contributed by atoms with Crippen LogP contribution in [0.2, 0.25) is 0 Å². The van der Waals surface area contributed by atoms with E-state index < -0.39 is 11.4 Å². The lowest BCUT2D eigenvalue weighted by Crippen LogP contribution is -2.47. The fraction of sp³-hybridized carbons (Fsp3) is 0.467. The molecular weight excluding hydrogens is 268 g/mol. The SMILES string of the molecule is CNC(C)c1ccc(NC(=O)NC(C)(C)CC(N)=O)cc1. The number of nitrogens with two attached hydrogens (primary N) is 1. The molecule has 6 heteroatoms. The molecule has 0 aliphatic heterocycles. The van der Waals surface area contributed by atoms with Gasteiger partial charge in [-0.3, -0.25) is 4.79 Å². The van der Waals surface area contributed by atoms with Crippen molar-refractivity contribution in [3.05, 3.63) is 29.8 Å². The molecular formula is C15H24N4O2. The predicted octanol–water partition coefficient (Wildman–Crippen LogP) is 1.74. The van der Waals surface area contributed by atoms with Crippen molar-refractivity contribution in [2.24, 2.45) is 5.73 Å². The Bertz CT molecular complexity index is 497. The van der Waals surface area contributed by atoms with Crippen molar-refractivity contribution in [3.8, 4) is 0 Å². The Kier molecular flexibility index (Phi) is 5.72. The Labute approximate surface area is 125 Å². The molecule has 0 bridgehead atoms. The van der Waals surface area contributed by atoms with Crippen LogP contribution in [0.25, 0.3) is 0 Å². The van der Waals surface area contributed by atoms with Gasteiger partial charge in [0.05, 0.1) is 0 Å². The highest BCUT2D eigenvalue weighted by molar-refractivity contribution is 5.90. The zero-order chi connectivity index (χ0) is 16.0. The van der Waals surface area contributed by atoms with Crippen LogP contribution in [0.5, 0.6) is 0 Å². The highest BCUT2D eigenvalue weighted by Gasteiger charge is 2.22. The summed E-state index contributed by atoms with van der Waals surface area (Å²) in [4.78, 5) is 22.8. The first kappa shape index (κ1) is 17.0. The highest BCUT2D eigenvalue weighted by atomic mass is 16.2. The zero-order valence-electron chi connectivity index (χ0n) is 13.0. The predicted molar refractivity (Wildman–Crippen MR) is 84.0 cm³/mol. The minimum Gasteiger partial charge on any atom is -0.370 e. The molecule has 1 rings (SSSR count). The lowest BCUT2D eigenvalue weighted by Gasteiger charge is -2.24. The standard InChI is InChI=1S/C15H24N4O2/c1-10(17-4)11-5-7-12(8-6-11)18-14(21)19-15(2,3)9-13(16)20/h5-8,10,17H,9H2,1-4H3,(H2,16,20)(H2,18,19,21). The molecule has 1 aromatic rings. The molecule has 0 aliphatic rings. The minimum atomic E-state index is -0.684. The van der Waals surface area contributed by atoms with Crippen molar-refractivity contribution in [1.29, 1.82) is 0 Å². The summed E-state index contributed by atoms with van der Waals surface area (Å²) in [6, 6.07) is 7.46. The second-order valence-electron chi connectivity index (χ2n) is 5.74. The molecule has 0 saturated heterocycles. The van der Waals surface area contributed by atoms with Crippen LogP contribution in [-0.2, 0) is 4.79 Å². The third kappa shape index (κ3) is 5.83. The topological polar surface area (TPSA) is 96.2 Å². The first-order valence-electron chi connectivity index (χ1n) is 6.88. The summed E-state index contributed by atoms with van der Waals surface area (Å²) in [5.41, 5.74) is 6.29. The van der Waals surface area contributed by atoms with Gasteiger partial charge in [-0.25, -0.2) is 4.79 Å². The zero-order valence-corrected chi connectivity index (χ0v) is 13.0. The summed E-state index contributed by atoms with van der Waals surface area (Å²) in [5.74, 6) is -0.453. The summed E-state index contributed by atoms with van der Waals surface area (Å²) in [6.45, 7) is 5.55. The van der Waals surface area contributed by atoms with E-state index in [0.29, 0.717) is 5.69 Å². The first-order chi connectivity index (χ1) is 9.73. The van der Waals surface area contributed by atoms with E-state index in [0.717, 1.165) is 5.56 Å². The Balaban J connectivity index is 2.61. The van der Waals surface area contributed by atoms with Gasteiger partial charge in [0.25, 0.3) is 0 Å². The van der Waals surface area contributed by atoms with Crippen LogP contribution in [-0.4, -0.2) is 24.5 Å². The van der Waals surface area contributed by atoms with Crippen molar-refractivity contribution in [1.82, 2.24) is 10.6 Å². The van der Waals surface area contributed by atoms with E-state index in [-0.39, 0.29) is 18.5 Å². The maximum Gasteiger partial charge on any atom is 0.319 e. The maximum atomic E-state index is 11.9. The molecule has 0 radical (unpaired) electrons. The van der Waals surface area contributed by atoms with Crippen molar-refractivity contribution >= 4 is 17.6 Å². The van der Waals surface area contributed by atoms with Crippen LogP contribution in [0.1, 0.15) is 38.8 Å². The number of anilines is 1. The van der Waals surface area contributed by atoms with E-state index in [1.165, 1.54) is 0 Å². The number of urea groups is 1. The lowest BCUT2D eigenvalue weighted by molar-refractivity contribution is -0.119. The largest absolute Gasteiger partial charge is 0.370 e. The molecule has 5 N–H and O–H groups in total. The Morgan fingerprint density at radius 1 is 1.24 bits per heavy atom. The van der Waals surface area contributed by atoms with Crippen LogP contribution in [0, 0.1) is 0 Å². The van der Waals surface area contributed by atoms with Crippen LogP contribution in [0.4, 0.5) is 10.5 Å². The van der Waals surface area contributed by atoms with Crippen molar-refractivity contribution in [2.75, 3.05) is 12.4 Å². The molecule has 6 nitrogen and oxygen atoms in total. The van der Waals surface area contributed by atoms with Crippen molar-refractivity contribution < 1.29 is 9.59 Å². The second-order valence-corrected chi connectivity index (χ2v) is 5.74. The van der Waals surface area contributed by atoms with E-state index in [1.54, 1.807) is 13.8 Å². The van der Waals surface area contributed by atoms with Gasteiger partial charge in [-0.15, -0.1) is 0 Å². The average molecular weight is 292 g/mol. The number of nitrogens with one attached hydrogen (secondary N) is 3.